The van der Waals surface area contributed by atoms with Crippen LogP contribution >= 0.6 is 0 Å². The number of hydrogen-bond acceptors (Lipinski definition) is 8. The quantitative estimate of drug-likeness (QED) is 0.283. The van der Waals surface area contributed by atoms with E-state index in [-0.39, 0.29) is 30.5 Å². The van der Waals surface area contributed by atoms with Gasteiger partial charge in [0.1, 0.15) is 24.4 Å². The first kappa shape index (κ1) is 27.7. The molecule has 2 saturated carbocycles. The maximum Gasteiger partial charge on any atom is 0.186 e. The van der Waals surface area contributed by atoms with Crippen molar-refractivity contribution in [1.82, 2.24) is 0 Å². The van der Waals surface area contributed by atoms with Crippen molar-refractivity contribution in [2.24, 2.45) is 22.7 Å². The molecule has 1 saturated heterocycles. The summed E-state index contributed by atoms with van der Waals surface area (Å²) >= 11 is 0. The van der Waals surface area contributed by atoms with Crippen LogP contribution < -0.4 is 0 Å². The Balaban J connectivity index is 1.78. The highest BCUT2D eigenvalue weighted by Gasteiger charge is 2.58. The van der Waals surface area contributed by atoms with E-state index < -0.39 is 48.8 Å². The van der Waals surface area contributed by atoms with Crippen molar-refractivity contribution in [2.45, 2.75) is 96.1 Å². The fourth-order valence-electron chi connectivity index (χ4n) is 6.81. The van der Waals surface area contributed by atoms with Crippen LogP contribution in [0.5, 0.6) is 0 Å². The molecule has 0 aromatic carbocycles. The average Bonchev–Trinajstić information content (AvgIpc) is 2.79. The van der Waals surface area contributed by atoms with Crippen molar-refractivity contribution >= 4 is 0 Å². The molecule has 0 bridgehead atoms. The summed E-state index contributed by atoms with van der Waals surface area (Å²) in [6, 6.07) is 0. The summed E-state index contributed by atoms with van der Waals surface area (Å²) in [5.41, 5.74) is 1.71. The van der Waals surface area contributed by atoms with Crippen molar-refractivity contribution in [3.63, 3.8) is 0 Å². The van der Waals surface area contributed by atoms with E-state index in [1.54, 1.807) is 0 Å². The summed E-state index contributed by atoms with van der Waals surface area (Å²) in [6.45, 7) is 10.4. The Labute approximate surface area is 202 Å². The Morgan fingerprint density at radius 1 is 1.12 bits per heavy atom. The number of ether oxygens (including phenoxy) is 2. The molecule has 6 N–H and O–H groups in total. The summed E-state index contributed by atoms with van der Waals surface area (Å²) in [5, 5.41) is 60.3. The summed E-state index contributed by atoms with van der Waals surface area (Å²) in [4.78, 5) is 0. The number of aliphatic hydroxyl groups excluding tert-OH is 6. The van der Waals surface area contributed by atoms with Gasteiger partial charge in [-0.25, -0.2) is 0 Å². The highest BCUT2D eigenvalue weighted by Crippen LogP contribution is 2.62. The average molecular weight is 485 g/mol. The van der Waals surface area contributed by atoms with Gasteiger partial charge in [0.2, 0.25) is 0 Å². The predicted molar refractivity (Wildman–Crippen MR) is 127 cm³/mol. The Morgan fingerprint density at radius 3 is 2.47 bits per heavy atom. The van der Waals surface area contributed by atoms with Crippen molar-refractivity contribution in [1.29, 1.82) is 0 Å². The number of rotatable bonds is 8. The predicted octanol–water partition coefficient (Wildman–Crippen LogP) is 1.27. The third kappa shape index (κ3) is 5.15. The molecular weight excluding hydrogens is 440 g/mol. The maximum atomic E-state index is 11.1. The molecule has 0 aromatic rings. The second-order valence-corrected chi connectivity index (χ2v) is 11.1. The van der Waals surface area contributed by atoms with Gasteiger partial charge in [0.15, 0.2) is 6.29 Å². The highest BCUT2D eigenvalue weighted by atomic mass is 16.7. The van der Waals surface area contributed by atoms with E-state index in [0.29, 0.717) is 6.42 Å². The second-order valence-electron chi connectivity index (χ2n) is 11.1. The van der Waals surface area contributed by atoms with Gasteiger partial charge in [-0.05, 0) is 62.7 Å². The summed E-state index contributed by atoms with van der Waals surface area (Å²) in [5.74, 6) is 0.429. The minimum Gasteiger partial charge on any atom is -0.394 e. The summed E-state index contributed by atoms with van der Waals surface area (Å²) in [6.07, 6.45) is -0.335. The molecule has 196 valence electrons. The number of aliphatic hydroxyl groups is 6. The van der Waals surface area contributed by atoms with Crippen molar-refractivity contribution in [2.75, 3.05) is 19.8 Å². The van der Waals surface area contributed by atoms with Gasteiger partial charge in [0.05, 0.1) is 25.9 Å². The van der Waals surface area contributed by atoms with E-state index in [4.69, 9.17) is 9.47 Å². The van der Waals surface area contributed by atoms with Crippen molar-refractivity contribution in [3.05, 3.63) is 23.8 Å². The molecule has 0 amide bonds. The Morgan fingerprint density at radius 2 is 1.82 bits per heavy atom. The van der Waals surface area contributed by atoms with Crippen LogP contribution in [-0.2, 0) is 9.47 Å². The van der Waals surface area contributed by atoms with E-state index >= 15 is 0 Å². The lowest BCUT2D eigenvalue weighted by molar-refractivity contribution is -0.313. The molecule has 8 heteroatoms. The van der Waals surface area contributed by atoms with Crippen LogP contribution in [0.25, 0.3) is 0 Å². The third-order valence-corrected chi connectivity index (χ3v) is 9.03. The third-order valence-electron chi connectivity index (χ3n) is 9.03. The first-order valence-corrected chi connectivity index (χ1v) is 12.5. The van der Waals surface area contributed by atoms with Crippen LogP contribution in [0, 0.1) is 22.7 Å². The second kappa shape index (κ2) is 11.0. The monoisotopic (exact) mass is 484 g/mol. The molecule has 3 aliphatic rings. The number of hydrogen-bond donors (Lipinski definition) is 6. The first-order valence-electron chi connectivity index (χ1n) is 12.5. The lowest BCUT2D eigenvalue weighted by Crippen LogP contribution is -2.61. The van der Waals surface area contributed by atoms with E-state index in [9.17, 15) is 30.6 Å². The van der Waals surface area contributed by atoms with Crippen LogP contribution in [0.2, 0.25) is 0 Å². The zero-order chi connectivity index (χ0) is 25.3. The number of allylic oxidation sites excluding steroid dienone is 2. The minimum absolute atomic E-state index is 0.0386. The largest absolute Gasteiger partial charge is 0.394 e. The summed E-state index contributed by atoms with van der Waals surface area (Å²) < 4.78 is 11.5. The van der Waals surface area contributed by atoms with Gasteiger partial charge in [-0.1, -0.05) is 37.6 Å². The van der Waals surface area contributed by atoms with Gasteiger partial charge in [-0.2, -0.15) is 0 Å². The maximum absolute atomic E-state index is 11.1. The summed E-state index contributed by atoms with van der Waals surface area (Å²) in [7, 11) is 0. The molecule has 0 radical (unpaired) electrons. The molecule has 1 heterocycles. The van der Waals surface area contributed by atoms with Crippen LogP contribution in [0.4, 0.5) is 0 Å². The molecule has 2 aliphatic carbocycles. The zero-order valence-corrected chi connectivity index (χ0v) is 20.8. The Bertz CT molecular complexity index is 738. The van der Waals surface area contributed by atoms with Gasteiger partial charge >= 0.3 is 0 Å². The van der Waals surface area contributed by atoms with Crippen LogP contribution in [-0.4, -0.2) is 87.3 Å². The van der Waals surface area contributed by atoms with Crippen molar-refractivity contribution < 1.29 is 40.1 Å². The molecule has 0 spiro atoms. The van der Waals surface area contributed by atoms with E-state index in [2.05, 4.69) is 13.5 Å². The lowest BCUT2D eigenvalue weighted by Gasteiger charge is -2.60. The molecule has 1 aliphatic heterocycles. The fourth-order valence-corrected chi connectivity index (χ4v) is 6.81. The van der Waals surface area contributed by atoms with Crippen LogP contribution in [0.1, 0.15) is 59.3 Å². The molecule has 10 atom stereocenters. The Hall–Kier alpha value is -0.840. The molecule has 34 heavy (non-hydrogen) atoms. The molecule has 3 fully saturated rings. The molecule has 8 nitrogen and oxygen atoms in total. The van der Waals surface area contributed by atoms with Gasteiger partial charge in [0.25, 0.3) is 0 Å². The molecule has 0 aromatic heterocycles. The highest BCUT2D eigenvalue weighted by molar-refractivity contribution is 5.18. The lowest BCUT2D eigenvalue weighted by atomic mass is 9.46. The van der Waals surface area contributed by atoms with Gasteiger partial charge < -0.3 is 40.1 Å². The molecule has 3 rings (SSSR count). The zero-order valence-electron chi connectivity index (χ0n) is 20.8. The smallest absolute Gasteiger partial charge is 0.186 e. The van der Waals surface area contributed by atoms with Crippen LogP contribution in [0.3, 0.4) is 0 Å². The standard InChI is InChI=1S/C26H44O8/c1-15(10-12-27)5-7-17-16(2)6-8-19-25(17,3)11-9-20(29)26(19,4)14-33-24-23(32)22(31)21(30)18(13-28)34-24/h10,17-24,27-32H,2,5-9,11-14H2,1,3-4H3/b15-10+/t17-,18-,19?,20-,21-,22+,23-,24-,25+,26-/m1/s1. The molecule has 1 unspecified atom stereocenters. The van der Waals surface area contributed by atoms with E-state index in [1.807, 2.05) is 19.9 Å². The van der Waals surface area contributed by atoms with Gasteiger partial charge in [0, 0.05) is 5.41 Å². The van der Waals surface area contributed by atoms with Gasteiger partial charge in [-0.3, -0.25) is 0 Å². The first-order chi connectivity index (χ1) is 16.0. The fraction of sp³-hybridized carbons (Fsp3) is 0.846. The van der Waals surface area contributed by atoms with E-state index in [1.165, 1.54) is 5.57 Å². The normalized spacial score (nSPS) is 45.8. The minimum atomic E-state index is -1.50. The van der Waals surface area contributed by atoms with Gasteiger partial charge in [-0.15, -0.1) is 0 Å². The topological polar surface area (TPSA) is 140 Å². The number of fused-ring (bicyclic) bond motifs is 1. The molecular formula is C26H44O8. The SMILES string of the molecule is C=C1CCC2[C@@](C)(CO[C@@H]3O[C@H](CO)[C@@H](O)[C@H](O)[C@H]3O)[C@H](O)CC[C@@]2(C)[C@@H]1CC/C(C)=C/CO. The van der Waals surface area contributed by atoms with E-state index in [0.717, 1.165) is 37.7 Å². The van der Waals surface area contributed by atoms with Crippen molar-refractivity contribution in [3.8, 4) is 0 Å². The van der Waals surface area contributed by atoms with Crippen LogP contribution in [0.15, 0.2) is 23.8 Å². The Kier molecular flexibility index (Phi) is 9.02.